The van der Waals surface area contributed by atoms with Gasteiger partial charge in [-0.25, -0.2) is 0 Å². The second-order valence-corrected chi connectivity index (χ2v) is 4.62. The van der Waals surface area contributed by atoms with Gasteiger partial charge in [-0.3, -0.25) is 0 Å². The van der Waals surface area contributed by atoms with E-state index in [4.69, 9.17) is 0 Å². The Morgan fingerprint density at radius 3 is 2.37 bits per heavy atom. The third kappa shape index (κ3) is 5.83. The molecule has 0 aliphatic heterocycles. The Hall–Kier alpha value is -1.42. The first-order valence-electron chi connectivity index (χ1n) is 6.46. The van der Waals surface area contributed by atoms with Crippen LogP contribution in [0.25, 0.3) is 0 Å². The summed E-state index contributed by atoms with van der Waals surface area (Å²) in [7, 11) is 0. The lowest BCUT2D eigenvalue weighted by molar-refractivity contribution is -0.0498. The first kappa shape index (κ1) is 15.6. The van der Waals surface area contributed by atoms with Crippen LogP contribution in [-0.4, -0.2) is 13.2 Å². The Morgan fingerprint density at radius 1 is 1.26 bits per heavy atom. The minimum Gasteiger partial charge on any atom is -0.435 e. The van der Waals surface area contributed by atoms with Gasteiger partial charge in [0.25, 0.3) is 0 Å². The topological polar surface area (TPSA) is 21.3 Å². The Balaban J connectivity index is 2.81. The van der Waals surface area contributed by atoms with Gasteiger partial charge < -0.3 is 10.1 Å². The van der Waals surface area contributed by atoms with Gasteiger partial charge in [-0.15, -0.1) is 0 Å². The largest absolute Gasteiger partial charge is 0.435 e. The number of allylic oxidation sites excluding steroid dienone is 1. The number of ether oxygens (including phenoxy) is 1. The summed E-state index contributed by atoms with van der Waals surface area (Å²) < 4.78 is 28.5. The summed E-state index contributed by atoms with van der Waals surface area (Å²) in [5.74, 6) is 0.185. The molecule has 4 heteroatoms. The van der Waals surface area contributed by atoms with Crippen LogP contribution in [0.5, 0.6) is 5.75 Å². The van der Waals surface area contributed by atoms with Gasteiger partial charge in [-0.2, -0.15) is 8.78 Å². The lowest BCUT2D eigenvalue weighted by atomic mass is 10.0. The average Bonchev–Trinajstić information content (AvgIpc) is 2.34. The molecule has 0 saturated heterocycles. The molecule has 0 radical (unpaired) electrons. The van der Waals surface area contributed by atoms with Crippen molar-refractivity contribution in [2.24, 2.45) is 0 Å². The Kier molecular flexibility index (Phi) is 6.50. The molecule has 1 atom stereocenters. The monoisotopic (exact) mass is 269 g/mol. The van der Waals surface area contributed by atoms with E-state index in [2.05, 4.69) is 23.1 Å². The zero-order valence-electron chi connectivity index (χ0n) is 11.6. The quantitative estimate of drug-likeness (QED) is 0.745. The third-order valence-electron chi connectivity index (χ3n) is 2.58. The molecule has 0 amide bonds. The molecule has 0 fully saturated rings. The Bertz CT molecular complexity index is 397. The summed E-state index contributed by atoms with van der Waals surface area (Å²) in [5.41, 5.74) is 2.25. The third-order valence-corrected chi connectivity index (χ3v) is 2.58. The van der Waals surface area contributed by atoms with Crippen molar-refractivity contribution in [3.63, 3.8) is 0 Å². The number of alkyl halides is 2. The highest BCUT2D eigenvalue weighted by Crippen LogP contribution is 2.21. The van der Waals surface area contributed by atoms with Crippen molar-refractivity contribution in [2.75, 3.05) is 6.54 Å². The van der Waals surface area contributed by atoms with Crippen molar-refractivity contribution < 1.29 is 13.5 Å². The van der Waals surface area contributed by atoms with E-state index in [0.717, 1.165) is 18.5 Å². The summed E-state index contributed by atoms with van der Waals surface area (Å²) in [6.45, 7) is 4.30. The second-order valence-electron chi connectivity index (χ2n) is 4.62. The van der Waals surface area contributed by atoms with Crippen molar-refractivity contribution >= 4 is 0 Å². The first-order valence-corrected chi connectivity index (χ1v) is 6.46. The minimum absolute atomic E-state index is 0.102. The van der Waals surface area contributed by atoms with Gasteiger partial charge in [0.2, 0.25) is 0 Å². The summed E-state index contributed by atoms with van der Waals surface area (Å²) in [6.07, 6.45) is 3.16. The fraction of sp³-hybridized carbons (Fsp3) is 0.467. The van der Waals surface area contributed by atoms with E-state index in [9.17, 15) is 8.78 Å². The van der Waals surface area contributed by atoms with Crippen LogP contribution >= 0.6 is 0 Å². The van der Waals surface area contributed by atoms with Crippen molar-refractivity contribution in [1.29, 1.82) is 0 Å². The summed E-state index contributed by atoms with van der Waals surface area (Å²) in [5, 5.41) is 3.41. The molecule has 1 aromatic carbocycles. The zero-order valence-corrected chi connectivity index (χ0v) is 11.6. The molecule has 0 spiro atoms. The number of hydrogen-bond acceptors (Lipinski definition) is 2. The maximum absolute atomic E-state index is 12.1. The van der Waals surface area contributed by atoms with E-state index in [1.54, 1.807) is 12.1 Å². The number of rotatable bonds is 7. The minimum atomic E-state index is -2.78. The first-order chi connectivity index (χ1) is 9.02. The van der Waals surface area contributed by atoms with Crippen molar-refractivity contribution in [2.45, 2.75) is 39.8 Å². The zero-order chi connectivity index (χ0) is 14.3. The van der Waals surface area contributed by atoms with Gasteiger partial charge in [0, 0.05) is 0 Å². The van der Waals surface area contributed by atoms with Crippen LogP contribution in [0.4, 0.5) is 8.78 Å². The molecular formula is C15H21F2NO. The second kappa shape index (κ2) is 7.89. The molecule has 106 valence electrons. The van der Waals surface area contributed by atoms with Gasteiger partial charge in [0.15, 0.2) is 0 Å². The predicted molar refractivity (Wildman–Crippen MR) is 73.5 cm³/mol. The van der Waals surface area contributed by atoms with Crippen LogP contribution < -0.4 is 10.1 Å². The molecule has 0 bridgehead atoms. The van der Waals surface area contributed by atoms with Gasteiger partial charge in [0.05, 0.1) is 6.04 Å². The van der Waals surface area contributed by atoms with E-state index >= 15 is 0 Å². The molecule has 19 heavy (non-hydrogen) atoms. The molecule has 1 N–H and O–H groups in total. The summed E-state index contributed by atoms with van der Waals surface area (Å²) in [6, 6.07) is 6.86. The van der Waals surface area contributed by atoms with Crippen molar-refractivity contribution in [1.82, 2.24) is 5.32 Å². The van der Waals surface area contributed by atoms with Crippen molar-refractivity contribution in [3.05, 3.63) is 41.5 Å². The van der Waals surface area contributed by atoms with Crippen LogP contribution in [0.15, 0.2) is 35.9 Å². The molecule has 0 aliphatic carbocycles. The molecule has 2 nitrogen and oxygen atoms in total. The molecule has 0 heterocycles. The maximum Gasteiger partial charge on any atom is 0.387 e. The van der Waals surface area contributed by atoms with Crippen LogP contribution in [0.1, 0.15) is 38.8 Å². The highest BCUT2D eigenvalue weighted by molar-refractivity contribution is 5.31. The Labute approximate surface area is 113 Å². The van der Waals surface area contributed by atoms with E-state index in [-0.39, 0.29) is 11.8 Å². The highest BCUT2D eigenvalue weighted by Gasteiger charge is 2.09. The molecule has 0 aliphatic rings. The fourth-order valence-corrected chi connectivity index (χ4v) is 1.76. The fourth-order valence-electron chi connectivity index (χ4n) is 1.76. The van der Waals surface area contributed by atoms with Crippen LogP contribution in [0.3, 0.4) is 0 Å². The van der Waals surface area contributed by atoms with Crippen molar-refractivity contribution in [3.8, 4) is 5.75 Å². The maximum atomic E-state index is 12.1. The molecule has 0 aromatic heterocycles. The molecule has 1 unspecified atom stereocenters. The average molecular weight is 269 g/mol. The van der Waals surface area contributed by atoms with Gasteiger partial charge in [0.1, 0.15) is 5.75 Å². The summed E-state index contributed by atoms with van der Waals surface area (Å²) in [4.78, 5) is 0. The van der Waals surface area contributed by atoms with Crippen LogP contribution in [-0.2, 0) is 0 Å². The number of benzene rings is 1. The standard InChI is InChI=1S/C15H21F2NO/c1-4-9-18-14(10-11(2)3)12-5-7-13(8-6-12)19-15(16)17/h5-8,10,14-15,18H,4,9H2,1-3H3. The van der Waals surface area contributed by atoms with E-state index < -0.39 is 6.61 Å². The number of nitrogens with one attached hydrogen (secondary N) is 1. The lowest BCUT2D eigenvalue weighted by Gasteiger charge is -2.16. The normalized spacial score (nSPS) is 12.3. The SMILES string of the molecule is CCCNC(C=C(C)C)c1ccc(OC(F)F)cc1. The smallest absolute Gasteiger partial charge is 0.387 e. The highest BCUT2D eigenvalue weighted by atomic mass is 19.3. The van der Waals surface area contributed by atoms with E-state index in [1.165, 1.54) is 5.57 Å². The van der Waals surface area contributed by atoms with Crippen LogP contribution in [0.2, 0.25) is 0 Å². The van der Waals surface area contributed by atoms with Gasteiger partial charge >= 0.3 is 6.61 Å². The van der Waals surface area contributed by atoms with Gasteiger partial charge in [-0.1, -0.05) is 30.7 Å². The molecule has 0 saturated carbocycles. The van der Waals surface area contributed by atoms with E-state index in [0.29, 0.717) is 0 Å². The molecule has 1 rings (SSSR count). The van der Waals surface area contributed by atoms with E-state index in [1.807, 2.05) is 26.0 Å². The number of hydrogen-bond donors (Lipinski definition) is 1. The molecular weight excluding hydrogens is 248 g/mol. The Morgan fingerprint density at radius 2 is 1.89 bits per heavy atom. The molecule has 1 aromatic rings. The predicted octanol–water partition coefficient (Wildman–Crippen LogP) is 4.29. The van der Waals surface area contributed by atoms with Gasteiger partial charge in [-0.05, 0) is 44.5 Å². The lowest BCUT2D eigenvalue weighted by Crippen LogP contribution is -2.20. The summed E-state index contributed by atoms with van der Waals surface area (Å²) >= 11 is 0. The number of halogens is 2. The van der Waals surface area contributed by atoms with Crippen LogP contribution in [0, 0.1) is 0 Å².